The lowest BCUT2D eigenvalue weighted by molar-refractivity contribution is -0.129. The van der Waals surface area contributed by atoms with Crippen LogP contribution < -0.4 is 11.2 Å². The van der Waals surface area contributed by atoms with Crippen molar-refractivity contribution >= 4 is 28.6 Å². The third kappa shape index (κ3) is 5.71. The predicted molar refractivity (Wildman–Crippen MR) is 137 cm³/mol. The minimum atomic E-state index is -0.894. The van der Waals surface area contributed by atoms with E-state index in [1.54, 1.807) is 4.57 Å². The van der Waals surface area contributed by atoms with Crippen molar-refractivity contribution < 1.29 is 14.3 Å². The number of rotatable bonds is 8. The molecule has 1 unspecified atom stereocenters. The Balaban J connectivity index is 1.51. The molecular formula is C26H36FN3O4S. The van der Waals surface area contributed by atoms with E-state index < -0.39 is 17.5 Å². The normalized spacial score (nSPS) is 22.5. The summed E-state index contributed by atoms with van der Waals surface area (Å²) in [5, 5.41) is 10.1. The molecule has 1 N–H and O–H groups in total. The number of hydrogen-bond acceptors (Lipinski definition) is 6. The molecule has 1 saturated carbocycles. The molecule has 1 saturated heterocycles. The van der Waals surface area contributed by atoms with Crippen molar-refractivity contribution in [3.8, 4) is 0 Å². The molecule has 0 radical (unpaired) electrons. The number of hydrogen-bond donors (Lipinski definition) is 1. The Morgan fingerprint density at radius 1 is 1.11 bits per heavy atom. The monoisotopic (exact) mass is 505 g/mol. The number of carbonyl (C=O) groups is 1. The van der Waals surface area contributed by atoms with Gasteiger partial charge in [0.2, 0.25) is 0 Å². The van der Waals surface area contributed by atoms with Crippen LogP contribution in [0.2, 0.25) is 0 Å². The molecule has 0 spiro atoms. The van der Waals surface area contributed by atoms with E-state index in [2.05, 4.69) is 4.98 Å². The number of aromatic nitrogens is 3. The number of nitrogens with zero attached hydrogens (tertiary/aromatic N) is 3. The summed E-state index contributed by atoms with van der Waals surface area (Å²) in [6.45, 7) is 3.68. The van der Waals surface area contributed by atoms with Gasteiger partial charge in [-0.15, -0.1) is 0 Å². The molecule has 192 valence electrons. The second kappa shape index (κ2) is 11.4. The summed E-state index contributed by atoms with van der Waals surface area (Å²) in [7, 11) is 0. The molecular weight excluding hydrogens is 469 g/mol. The van der Waals surface area contributed by atoms with Gasteiger partial charge in [-0.1, -0.05) is 20.3 Å². The molecule has 9 heteroatoms. The van der Waals surface area contributed by atoms with E-state index in [0.29, 0.717) is 25.2 Å². The van der Waals surface area contributed by atoms with Gasteiger partial charge in [0, 0.05) is 18.5 Å². The number of halogens is 1. The molecule has 1 aliphatic heterocycles. The topological polar surface area (TPSA) is 94.2 Å². The second-order valence-electron chi connectivity index (χ2n) is 10.4. The SMILES string of the molecule is CC(C)C(O)C(=O)CCCC1CCC(n2c(=O)c3cc(F)cnc3n(C3CCSCC3)c2=O)CC1. The highest BCUT2D eigenvalue weighted by Crippen LogP contribution is 2.34. The Labute approximate surface area is 209 Å². The first-order valence-electron chi connectivity index (χ1n) is 12.9. The Hall–Kier alpha value is -2.00. The summed E-state index contributed by atoms with van der Waals surface area (Å²) in [5.41, 5.74) is -0.484. The first-order valence-corrected chi connectivity index (χ1v) is 14.0. The number of aliphatic hydroxyl groups excluding tert-OH is 1. The molecule has 35 heavy (non-hydrogen) atoms. The van der Waals surface area contributed by atoms with Gasteiger partial charge in [0.25, 0.3) is 5.56 Å². The van der Waals surface area contributed by atoms with Crippen molar-refractivity contribution in [2.75, 3.05) is 11.5 Å². The highest BCUT2D eigenvalue weighted by atomic mass is 32.2. The molecule has 3 heterocycles. The number of fused-ring (bicyclic) bond motifs is 1. The fourth-order valence-corrected chi connectivity index (χ4v) is 6.66. The average Bonchev–Trinajstić information content (AvgIpc) is 2.85. The number of pyridine rings is 1. The predicted octanol–water partition coefficient (Wildman–Crippen LogP) is 4.25. The van der Waals surface area contributed by atoms with E-state index in [1.807, 2.05) is 25.6 Å². The standard InChI is InChI=1S/C26H36FN3O4S/c1-16(2)23(32)22(31)5-3-4-17-6-8-19(9-7-17)30-25(33)21-14-18(27)15-28-24(21)29(26(30)34)20-10-12-35-13-11-20/h14-17,19-20,23,32H,3-13H2,1-2H3. The molecule has 0 amide bonds. The number of ketones is 1. The fraction of sp³-hybridized carbons (Fsp3) is 0.692. The van der Waals surface area contributed by atoms with Gasteiger partial charge in [0.15, 0.2) is 5.78 Å². The van der Waals surface area contributed by atoms with Gasteiger partial charge in [0.05, 0.1) is 11.6 Å². The van der Waals surface area contributed by atoms with E-state index in [9.17, 15) is 23.9 Å². The Bertz CT molecular complexity index is 1160. The quantitative estimate of drug-likeness (QED) is 0.576. The van der Waals surface area contributed by atoms with E-state index in [4.69, 9.17) is 0 Å². The van der Waals surface area contributed by atoms with Crippen LogP contribution in [0.3, 0.4) is 0 Å². The molecule has 2 aliphatic rings. The summed E-state index contributed by atoms with van der Waals surface area (Å²) in [6, 6.07) is 0.960. The van der Waals surface area contributed by atoms with E-state index in [1.165, 1.54) is 10.6 Å². The highest BCUT2D eigenvalue weighted by Gasteiger charge is 2.29. The molecule has 1 aliphatic carbocycles. The minimum absolute atomic E-state index is 0.0360. The minimum Gasteiger partial charge on any atom is -0.385 e. The molecule has 2 aromatic heterocycles. The maximum Gasteiger partial charge on any atom is 0.333 e. The molecule has 0 bridgehead atoms. The van der Waals surface area contributed by atoms with Crippen molar-refractivity contribution in [1.29, 1.82) is 0 Å². The zero-order chi connectivity index (χ0) is 25.1. The number of Topliss-reactive ketones (excluding diaryl/α,β-unsaturated/α-hetero) is 1. The summed E-state index contributed by atoms with van der Waals surface area (Å²) >= 11 is 1.85. The van der Waals surface area contributed by atoms with Crippen LogP contribution in [0.4, 0.5) is 4.39 Å². The summed E-state index contributed by atoms with van der Waals surface area (Å²) in [6.07, 6.45) is 7.02. The third-order valence-corrected chi connectivity index (χ3v) is 8.71. The molecule has 7 nitrogen and oxygen atoms in total. The largest absolute Gasteiger partial charge is 0.385 e. The summed E-state index contributed by atoms with van der Waals surface area (Å²) in [4.78, 5) is 43.3. The van der Waals surface area contributed by atoms with E-state index in [0.717, 1.165) is 56.2 Å². The van der Waals surface area contributed by atoms with Crippen molar-refractivity contribution in [1.82, 2.24) is 14.1 Å². The maximum atomic E-state index is 14.0. The molecule has 4 rings (SSSR count). The van der Waals surface area contributed by atoms with Gasteiger partial charge >= 0.3 is 5.69 Å². The molecule has 0 aromatic carbocycles. The van der Waals surface area contributed by atoms with Crippen molar-refractivity contribution in [3.63, 3.8) is 0 Å². The van der Waals surface area contributed by atoms with Gasteiger partial charge in [-0.3, -0.25) is 18.7 Å². The lowest BCUT2D eigenvalue weighted by Gasteiger charge is -2.31. The smallest absolute Gasteiger partial charge is 0.333 e. The second-order valence-corrected chi connectivity index (χ2v) is 11.6. The van der Waals surface area contributed by atoms with Crippen LogP contribution >= 0.6 is 11.8 Å². The van der Waals surface area contributed by atoms with Crippen LogP contribution in [0.5, 0.6) is 0 Å². The van der Waals surface area contributed by atoms with Crippen LogP contribution in [-0.4, -0.2) is 42.6 Å². The maximum absolute atomic E-state index is 14.0. The number of thioether (sulfide) groups is 1. The molecule has 2 fully saturated rings. The third-order valence-electron chi connectivity index (χ3n) is 7.66. The fourth-order valence-electron chi connectivity index (χ4n) is 5.58. The zero-order valence-corrected chi connectivity index (χ0v) is 21.4. The average molecular weight is 506 g/mol. The summed E-state index contributed by atoms with van der Waals surface area (Å²) in [5.74, 6) is 1.58. The molecule has 1 atom stereocenters. The van der Waals surface area contributed by atoms with E-state index in [-0.39, 0.29) is 40.5 Å². The number of aliphatic hydroxyl groups is 1. The molecule has 2 aromatic rings. The Morgan fingerprint density at radius 3 is 2.43 bits per heavy atom. The van der Waals surface area contributed by atoms with Gasteiger partial charge in [-0.25, -0.2) is 14.2 Å². The lowest BCUT2D eigenvalue weighted by Crippen LogP contribution is -2.45. The summed E-state index contributed by atoms with van der Waals surface area (Å²) < 4.78 is 17.1. The first-order chi connectivity index (χ1) is 16.8. The van der Waals surface area contributed by atoms with Gasteiger partial charge in [-0.05, 0) is 74.4 Å². The Morgan fingerprint density at radius 2 is 1.77 bits per heavy atom. The van der Waals surface area contributed by atoms with Gasteiger partial charge < -0.3 is 5.11 Å². The van der Waals surface area contributed by atoms with Crippen molar-refractivity contribution in [2.45, 2.75) is 89.8 Å². The van der Waals surface area contributed by atoms with Crippen LogP contribution in [0, 0.1) is 17.7 Å². The zero-order valence-electron chi connectivity index (χ0n) is 20.6. The van der Waals surface area contributed by atoms with Crippen LogP contribution in [0.15, 0.2) is 21.9 Å². The van der Waals surface area contributed by atoms with Crippen LogP contribution in [0.25, 0.3) is 11.0 Å². The van der Waals surface area contributed by atoms with Crippen LogP contribution in [-0.2, 0) is 4.79 Å². The van der Waals surface area contributed by atoms with Crippen molar-refractivity contribution in [2.24, 2.45) is 11.8 Å². The first kappa shape index (κ1) is 26.1. The van der Waals surface area contributed by atoms with Gasteiger partial charge in [0.1, 0.15) is 17.6 Å². The lowest BCUT2D eigenvalue weighted by atomic mass is 9.82. The Kier molecular flexibility index (Phi) is 8.47. The highest BCUT2D eigenvalue weighted by molar-refractivity contribution is 7.99. The van der Waals surface area contributed by atoms with Gasteiger partial charge in [-0.2, -0.15) is 11.8 Å². The van der Waals surface area contributed by atoms with Crippen molar-refractivity contribution in [3.05, 3.63) is 38.9 Å². The van der Waals surface area contributed by atoms with Crippen LogP contribution in [0.1, 0.15) is 83.7 Å². The van der Waals surface area contributed by atoms with E-state index >= 15 is 0 Å². The number of carbonyl (C=O) groups excluding carboxylic acids is 1.